The number of hydrogen-bond acceptors (Lipinski definition) is 6. The average molecular weight is 665 g/mol. The highest BCUT2D eigenvalue weighted by atomic mass is 19.4. The van der Waals surface area contributed by atoms with E-state index in [1.54, 1.807) is 38.4 Å². The molecule has 1 atom stereocenters. The molecule has 3 heterocycles. The number of rotatable bonds is 10. The van der Waals surface area contributed by atoms with Gasteiger partial charge in [-0.3, -0.25) is 19.6 Å². The lowest BCUT2D eigenvalue weighted by Gasteiger charge is -2.31. The van der Waals surface area contributed by atoms with Crippen LogP contribution in [0.4, 0.5) is 17.6 Å². The van der Waals surface area contributed by atoms with Crippen molar-refractivity contribution in [2.24, 2.45) is 0 Å². The van der Waals surface area contributed by atoms with Gasteiger partial charge in [-0.25, -0.2) is 4.98 Å². The predicted octanol–water partition coefficient (Wildman–Crippen LogP) is 5.86. The first-order valence-electron chi connectivity index (χ1n) is 15.4. The number of pyridine rings is 1. The maximum atomic E-state index is 14.6. The van der Waals surface area contributed by atoms with E-state index in [2.05, 4.69) is 25.4 Å². The van der Waals surface area contributed by atoms with E-state index < -0.39 is 18.5 Å². The summed E-state index contributed by atoms with van der Waals surface area (Å²) in [5.41, 5.74) is 1.74. The number of fused-ring (bicyclic) bond motifs is 1. The van der Waals surface area contributed by atoms with E-state index in [-0.39, 0.29) is 40.0 Å². The minimum absolute atomic E-state index is 0.0756. The summed E-state index contributed by atoms with van der Waals surface area (Å²) in [4.78, 5) is 32.1. The first-order chi connectivity index (χ1) is 22.9. The number of likely N-dealkylation sites (tertiary alicyclic amines) is 1. The van der Waals surface area contributed by atoms with E-state index in [9.17, 15) is 27.2 Å². The number of alkyl halides is 3. The average Bonchev–Trinajstić information content (AvgIpc) is 3.44. The number of piperidine rings is 1. The summed E-state index contributed by atoms with van der Waals surface area (Å²) in [7, 11) is 4.85. The number of amides is 2. The van der Waals surface area contributed by atoms with Crippen molar-refractivity contribution in [1.82, 2.24) is 30.3 Å². The van der Waals surface area contributed by atoms with E-state index in [4.69, 9.17) is 4.74 Å². The molecule has 0 saturated carbocycles. The fraction of sp³-hybridized carbons (Fsp3) is 0.314. The minimum atomic E-state index is -4.59. The van der Waals surface area contributed by atoms with Crippen LogP contribution in [0.2, 0.25) is 0 Å². The van der Waals surface area contributed by atoms with E-state index >= 15 is 0 Å². The third kappa shape index (κ3) is 8.45. The van der Waals surface area contributed by atoms with Gasteiger partial charge in [-0.1, -0.05) is 24.3 Å². The molecule has 48 heavy (non-hydrogen) atoms. The number of hydrogen-bond donors (Lipinski definition) is 2. The smallest absolute Gasteiger partial charge is 0.393 e. The van der Waals surface area contributed by atoms with Crippen molar-refractivity contribution in [3.63, 3.8) is 0 Å². The quantitative estimate of drug-likeness (QED) is 0.125. The van der Waals surface area contributed by atoms with Crippen molar-refractivity contribution < 1.29 is 31.9 Å². The van der Waals surface area contributed by atoms with Crippen molar-refractivity contribution in [3.8, 4) is 5.88 Å². The normalized spacial score (nSPS) is 16.2. The number of H-pyrrole nitrogens is 1. The van der Waals surface area contributed by atoms with Crippen molar-refractivity contribution in [2.45, 2.75) is 31.5 Å². The van der Waals surface area contributed by atoms with Crippen molar-refractivity contribution in [1.29, 1.82) is 0 Å². The number of nitrogens with zero attached hydrogens (tertiary/aromatic N) is 4. The SMILES string of the molecule is CNC(=O)c1ccc(/C(CC(F)(F)F)=C(\c2ccc(OC3CCCN(C/C=C/C(=O)N(C)C)C3)nc2)c2ccc3[nH]nc(F)c3c2)cc1. The maximum absolute atomic E-state index is 14.6. The van der Waals surface area contributed by atoms with Crippen molar-refractivity contribution >= 4 is 33.9 Å². The standard InChI is InChI=1S/C35H36F4N6O3/c1-40-34(47)23-10-8-22(9-11-23)28(19-35(37,38)39)32(24-12-14-29-27(18-24)33(36)43-42-29)25-13-15-30(41-20-25)48-26-6-4-16-45(21-26)17-5-7-31(46)44(2)3/h5,7-15,18,20,26H,4,6,16-17,19,21H2,1-3H3,(H,40,47)(H,42,43)/b7-5+,32-28-. The van der Waals surface area contributed by atoms with Gasteiger partial charge in [0.1, 0.15) is 6.10 Å². The molecular formula is C35H36F4N6O3. The van der Waals surface area contributed by atoms with Crippen LogP contribution in [0, 0.1) is 5.95 Å². The van der Waals surface area contributed by atoms with Crippen LogP contribution in [0.3, 0.4) is 0 Å². The number of nitrogens with one attached hydrogen (secondary N) is 2. The van der Waals surface area contributed by atoms with Gasteiger partial charge in [-0.15, -0.1) is 5.10 Å². The Morgan fingerprint density at radius 1 is 1.06 bits per heavy atom. The molecule has 2 aromatic carbocycles. The number of carbonyl (C=O) groups excluding carboxylic acids is 2. The van der Waals surface area contributed by atoms with Crippen LogP contribution in [0.1, 0.15) is 46.3 Å². The predicted molar refractivity (Wildman–Crippen MR) is 175 cm³/mol. The van der Waals surface area contributed by atoms with Gasteiger partial charge in [0.2, 0.25) is 17.7 Å². The van der Waals surface area contributed by atoms with Gasteiger partial charge >= 0.3 is 6.18 Å². The van der Waals surface area contributed by atoms with Gasteiger partial charge < -0.3 is 15.0 Å². The van der Waals surface area contributed by atoms with Crippen molar-refractivity contribution in [2.75, 3.05) is 40.8 Å². The summed E-state index contributed by atoms with van der Waals surface area (Å²) in [6, 6.07) is 13.7. The Labute approximate surface area is 275 Å². The number of likely N-dealkylation sites (N-methyl/N-ethyl adjacent to an activating group) is 1. The van der Waals surface area contributed by atoms with Gasteiger partial charge in [0.05, 0.1) is 17.3 Å². The van der Waals surface area contributed by atoms with E-state index in [1.165, 1.54) is 54.6 Å². The largest absolute Gasteiger partial charge is 0.473 e. The second-order valence-corrected chi connectivity index (χ2v) is 11.7. The summed E-state index contributed by atoms with van der Waals surface area (Å²) in [5, 5.41) is 8.79. The van der Waals surface area contributed by atoms with Crippen LogP contribution < -0.4 is 10.1 Å². The van der Waals surface area contributed by atoms with Crippen LogP contribution in [-0.4, -0.2) is 89.9 Å². The zero-order valence-corrected chi connectivity index (χ0v) is 26.8. The first kappa shape index (κ1) is 34.3. The fourth-order valence-corrected chi connectivity index (χ4v) is 5.65. The fourth-order valence-electron chi connectivity index (χ4n) is 5.65. The molecule has 1 fully saturated rings. The molecule has 1 saturated heterocycles. The van der Waals surface area contributed by atoms with Crippen LogP contribution in [0.25, 0.3) is 22.0 Å². The first-order valence-corrected chi connectivity index (χ1v) is 15.4. The summed E-state index contributed by atoms with van der Waals surface area (Å²) in [6.07, 6.45) is 0.437. The highest BCUT2D eigenvalue weighted by Gasteiger charge is 2.32. The molecule has 1 aliphatic heterocycles. The van der Waals surface area contributed by atoms with Gasteiger partial charge in [0.25, 0.3) is 5.91 Å². The number of aromatic nitrogens is 3. The number of carbonyl (C=O) groups is 2. The maximum Gasteiger partial charge on any atom is 0.393 e. The van der Waals surface area contributed by atoms with Crippen LogP contribution in [0.5, 0.6) is 5.88 Å². The highest BCUT2D eigenvalue weighted by molar-refractivity contribution is 6.01. The molecule has 1 unspecified atom stereocenters. The molecular weight excluding hydrogens is 628 g/mol. The Balaban J connectivity index is 1.49. The number of ether oxygens (including phenoxy) is 1. The lowest BCUT2D eigenvalue weighted by Crippen LogP contribution is -2.41. The number of halogens is 4. The summed E-state index contributed by atoms with van der Waals surface area (Å²) < 4.78 is 63.3. The minimum Gasteiger partial charge on any atom is -0.473 e. The van der Waals surface area contributed by atoms with Crippen molar-refractivity contribution in [3.05, 3.63) is 101 Å². The Kier molecular flexibility index (Phi) is 10.6. The van der Waals surface area contributed by atoms with E-state index in [0.29, 0.717) is 41.2 Å². The molecule has 2 N–H and O–H groups in total. The second kappa shape index (κ2) is 14.8. The van der Waals surface area contributed by atoms with E-state index in [0.717, 1.165) is 19.4 Å². The highest BCUT2D eigenvalue weighted by Crippen LogP contribution is 2.40. The molecule has 13 heteroatoms. The molecule has 2 aromatic heterocycles. The third-order valence-electron chi connectivity index (χ3n) is 8.05. The molecule has 252 valence electrons. The molecule has 4 aromatic rings. The zero-order valence-electron chi connectivity index (χ0n) is 26.8. The Hall–Kier alpha value is -5.04. The van der Waals surface area contributed by atoms with Gasteiger partial charge in [0, 0.05) is 63.7 Å². The van der Waals surface area contributed by atoms with Gasteiger partial charge in [0.15, 0.2) is 0 Å². The molecule has 0 radical (unpaired) electrons. The van der Waals surface area contributed by atoms with Gasteiger partial charge in [-0.05, 0) is 72.0 Å². The lowest BCUT2D eigenvalue weighted by molar-refractivity contribution is -0.124. The Morgan fingerprint density at radius 3 is 2.44 bits per heavy atom. The zero-order chi connectivity index (χ0) is 34.4. The molecule has 1 aliphatic rings. The monoisotopic (exact) mass is 664 g/mol. The van der Waals surface area contributed by atoms with Crippen LogP contribution >= 0.6 is 0 Å². The summed E-state index contributed by atoms with van der Waals surface area (Å²) in [5.74, 6) is -0.930. The van der Waals surface area contributed by atoms with Crippen LogP contribution in [-0.2, 0) is 4.79 Å². The molecule has 0 aliphatic carbocycles. The Morgan fingerprint density at radius 2 is 1.77 bits per heavy atom. The Bertz CT molecular complexity index is 1810. The number of benzene rings is 2. The molecule has 2 amide bonds. The van der Waals surface area contributed by atoms with Crippen LogP contribution in [0.15, 0.2) is 72.9 Å². The second-order valence-electron chi connectivity index (χ2n) is 11.7. The molecule has 5 rings (SSSR count). The number of allylic oxidation sites excluding steroid dienone is 1. The molecule has 0 spiro atoms. The van der Waals surface area contributed by atoms with Gasteiger partial charge in [-0.2, -0.15) is 17.6 Å². The number of aromatic amines is 1. The summed E-state index contributed by atoms with van der Waals surface area (Å²) in [6.45, 7) is 2.06. The lowest BCUT2D eigenvalue weighted by atomic mass is 9.87. The third-order valence-corrected chi connectivity index (χ3v) is 8.05. The summed E-state index contributed by atoms with van der Waals surface area (Å²) >= 11 is 0. The topological polar surface area (TPSA) is 103 Å². The molecule has 9 nitrogen and oxygen atoms in total. The van der Waals surface area contributed by atoms with E-state index in [1.807, 2.05) is 6.08 Å². The molecule has 0 bridgehead atoms.